The van der Waals surface area contributed by atoms with Crippen LogP contribution in [0.25, 0.3) is 0 Å². The Hall–Kier alpha value is -2.82. The summed E-state index contributed by atoms with van der Waals surface area (Å²) in [5.41, 5.74) is 2.77. The van der Waals surface area contributed by atoms with Gasteiger partial charge >= 0.3 is 5.97 Å². The molecule has 0 bridgehead atoms. The Morgan fingerprint density at radius 1 is 1.29 bits per heavy atom. The molecule has 1 fully saturated rings. The van der Waals surface area contributed by atoms with Crippen LogP contribution in [-0.2, 0) is 32.6 Å². The molecule has 2 aromatic heterocycles. The molecule has 0 spiro atoms. The summed E-state index contributed by atoms with van der Waals surface area (Å²) in [7, 11) is 1.47. The number of nitrogens with one attached hydrogen (secondary N) is 2. The summed E-state index contributed by atoms with van der Waals surface area (Å²) < 4.78 is 18.7. The Bertz CT molecular complexity index is 1210. The lowest BCUT2D eigenvalue weighted by Gasteiger charge is -2.27. The molecule has 9 nitrogen and oxygen atoms in total. The first-order valence-corrected chi connectivity index (χ1v) is 14.8. The zero-order chi connectivity index (χ0) is 29.4. The van der Waals surface area contributed by atoms with E-state index >= 15 is 0 Å². The number of hydrogen-bond donors (Lipinski definition) is 3. The molecule has 3 heterocycles. The number of nitrogens with zero attached hydrogens (tertiary/aromatic N) is 3. The maximum absolute atomic E-state index is 13.5. The van der Waals surface area contributed by atoms with Gasteiger partial charge in [0.25, 0.3) is 0 Å². The van der Waals surface area contributed by atoms with Crippen molar-refractivity contribution in [3.63, 3.8) is 0 Å². The number of halogens is 2. The minimum atomic E-state index is -1.11. The number of carboxylic acid groups (broad SMARTS) is 1. The highest BCUT2D eigenvalue weighted by Gasteiger charge is 2.54. The highest BCUT2D eigenvalue weighted by atomic mass is 35.5. The Labute approximate surface area is 246 Å². The fourth-order valence-electron chi connectivity index (χ4n) is 5.37. The van der Waals surface area contributed by atoms with Crippen LogP contribution >= 0.6 is 11.6 Å². The number of carbonyl (C=O) groups is 2. The van der Waals surface area contributed by atoms with Gasteiger partial charge in [0.1, 0.15) is 18.5 Å². The molecule has 3 N–H and O–H groups in total. The Morgan fingerprint density at radius 2 is 2.10 bits per heavy atom. The van der Waals surface area contributed by atoms with Gasteiger partial charge in [-0.15, -0.1) is 0 Å². The largest absolute Gasteiger partial charge is 0.480 e. The molecule has 1 aliphatic carbocycles. The normalized spacial score (nSPS) is 16.9. The van der Waals surface area contributed by atoms with E-state index in [1.807, 2.05) is 11.8 Å². The minimum Gasteiger partial charge on any atom is -0.480 e. The van der Waals surface area contributed by atoms with Crippen molar-refractivity contribution in [2.75, 3.05) is 45.3 Å². The quantitative estimate of drug-likeness (QED) is 0.251. The molecule has 4 rings (SSSR count). The third-order valence-corrected chi connectivity index (χ3v) is 8.32. The third kappa shape index (κ3) is 8.14. The van der Waals surface area contributed by atoms with E-state index in [-0.39, 0.29) is 12.3 Å². The zero-order valence-corrected chi connectivity index (χ0v) is 24.7. The van der Waals surface area contributed by atoms with Crippen LogP contribution in [0, 0.1) is 6.92 Å². The molecule has 0 saturated heterocycles. The lowest BCUT2D eigenvalue weighted by molar-refractivity contribution is -0.142. The van der Waals surface area contributed by atoms with Crippen molar-refractivity contribution in [3.05, 3.63) is 51.9 Å². The molecular formula is C30H41ClFN5O4. The van der Waals surface area contributed by atoms with E-state index in [0.717, 1.165) is 55.7 Å². The van der Waals surface area contributed by atoms with Crippen molar-refractivity contribution >= 4 is 29.3 Å². The number of ether oxygens (including phenoxy) is 1. The molecule has 1 saturated carbocycles. The van der Waals surface area contributed by atoms with Crippen LogP contribution in [0.15, 0.2) is 24.4 Å². The van der Waals surface area contributed by atoms with Crippen LogP contribution in [0.1, 0.15) is 61.0 Å². The third-order valence-electron chi connectivity index (χ3n) is 8.03. The summed E-state index contributed by atoms with van der Waals surface area (Å²) in [6.07, 6.45) is 7.08. The number of unbranched alkanes of at least 4 members (excludes halogenated alkanes) is 1. The minimum absolute atomic E-state index is 0.174. The molecule has 2 aliphatic rings. The van der Waals surface area contributed by atoms with Crippen LogP contribution in [0.5, 0.6) is 0 Å². The lowest BCUT2D eigenvalue weighted by Crippen LogP contribution is -2.48. The smallest absolute Gasteiger partial charge is 0.326 e. The maximum Gasteiger partial charge on any atom is 0.326 e. The number of aliphatic carboxylic acids is 1. The van der Waals surface area contributed by atoms with Crippen molar-refractivity contribution < 1.29 is 23.8 Å². The Balaban J connectivity index is 1.32. The van der Waals surface area contributed by atoms with Crippen LogP contribution in [-0.4, -0.2) is 84.0 Å². The summed E-state index contributed by atoms with van der Waals surface area (Å²) >= 11 is 6.39. The molecule has 11 heteroatoms. The molecule has 2 aromatic rings. The molecular weight excluding hydrogens is 549 g/mol. The van der Waals surface area contributed by atoms with Gasteiger partial charge in [-0.3, -0.25) is 9.78 Å². The fraction of sp³-hybridized carbons (Fsp3) is 0.600. The molecule has 41 heavy (non-hydrogen) atoms. The zero-order valence-electron chi connectivity index (χ0n) is 23.9. The standard InChI is InChI=1S/C30H41ClFN5O4/c1-20-16-24(31)26(34-18-20)30(11-12-30)29(40)36-25(28(38)39)10-15-37(19-23(17-32)41-2)14-4-3-7-22-9-8-21-6-5-13-33-27(21)35-22/h8-9,16,18,23,25H,3-7,10-15,17,19H2,1-2H3,(H,33,35)(H,36,40)(H,38,39). The summed E-state index contributed by atoms with van der Waals surface area (Å²) in [4.78, 5) is 36.6. The number of pyridine rings is 2. The number of aromatic nitrogens is 2. The first-order chi connectivity index (χ1) is 19.8. The van der Waals surface area contributed by atoms with Crippen LogP contribution < -0.4 is 10.6 Å². The van der Waals surface area contributed by atoms with E-state index < -0.39 is 30.2 Å². The monoisotopic (exact) mass is 589 g/mol. The lowest BCUT2D eigenvalue weighted by atomic mass is 9.99. The van der Waals surface area contributed by atoms with Gasteiger partial charge in [0, 0.05) is 38.6 Å². The van der Waals surface area contributed by atoms with E-state index in [2.05, 4.69) is 27.8 Å². The highest BCUT2D eigenvalue weighted by Crippen LogP contribution is 2.50. The number of hydrogen-bond acceptors (Lipinski definition) is 7. The molecule has 2 unspecified atom stereocenters. The summed E-state index contributed by atoms with van der Waals surface area (Å²) in [5.74, 6) is -0.505. The molecule has 0 aromatic carbocycles. The van der Waals surface area contributed by atoms with E-state index in [0.29, 0.717) is 43.2 Å². The van der Waals surface area contributed by atoms with Crippen molar-refractivity contribution in [2.45, 2.75) is 75.9 Å². The predicted molar refractivity (Wildman–Crippen MR) is 156 cm³/mol. The predicted octanol–water partition coefficient (Wildman–Crippen LogP) is 4.10. The van der Waals surface area contributed by atoms with Gasteiger partial charge in [0.05, 0.1) is 22.2 Å². The van der Waals surface area contributed by atoms with Gasteiger partial charge in [-0.25, -0.2) is 14.2 Å². The van der Waals surface area contributed by atoms with Crippen molar-refractivity contribution in [2.24, 2.45) is 0 Å². The van der Waals surface area contributed by atoms with Crippen molar-refractivity contribution in [1.29, 1.82) is 0 Å². The molecule has 224 valence electrons. The van der Waals surface area contributed by atoms with Gasteiger partial charge in [0.15, 0.2) is 0 Å². The highest BCUT2D eigenvalue weighted by molar-refractivity contribution is 6.31. The SMILES string of the molecule is COC(CF)CN(CCCCc1ccc2c(n1)NCCC2)CCC(NC(=O)C1(c2ncc(C)cc2Cl)CC1)C(=O)O. The van der Waals surface area contributed by atoms with Gasteiger partial charge in [0.2, 0.25) is 5.91 Å². The number of fused-ring (bicyclic) bond motifs is 1. The average molecular weight is 590 g/mol. The van der Waals surface area contributed by atoms with Gasteiger partial charge in [-0.1, -0.05) is 17.7 Å². The second-order valence-corrected chi connectivity index (χ2v) is 11.6. The summed E-state index contributed by atoms with van der Waals surface area (Å²) in [6.45, 7) is 3.54. The number of carboxylic acids is 1. The average Bonchev–Trinajstić information content (AvgIpc) is 3.77. The molecule has 1 amide bonds. The van der Waals surface area contributed by atoms with Gasteiger partial charge in [-0.05, 0) is 88.1 Å². The fourth-order valence-corrected chi connectivity index (χ4v) is 5.77. The maximum atomic E-state index is 13.5. The molecule has 0 radical (unpaired) electrons. The van der Waals surface area contributed by atoms with Crippen LogP contribution in [0.2, 0.25) is 5.02 Å². The number of aryl methyl sites for hydroxylation is 3. The summed E-state index contributed by atoms with van der Waals surface area (Å²) in [6, 6.07) is 4.90. The number of anilines is 1. The Morgan fingerprint density at radius 3 is 2.78 bits per heavy atom. The summed E-state index contributed by atoms with van der Waals surface area (Å²) in [5, 5.41) is 16.4. The number of methoxy groups -OCH3 is 1. The van der Waals surface area contributed by atoms with Gasteiger partial charge < -0.3 is 25.4 Å². The van der Waals surface area contributed by atoms with Crippen molar-refractivity contribution in [1.82, 2.24) is 20.2 Å². The molecule has 1 aliphatic heterocycles. The van der Waals surface area contributed by atoms with Crippen LogP contribution in [0.4, 0.5) is 10.2 Å². The first kappa shape index (κ1) is 31.1. The topological polar surface area (TPSA) is 117 Å². The molecule has 2 atom stereocenters. The number of alkyl halides is 1. The number of carbonyl (C=O) groups excluding carboxylic acids is 1. The van der Waals surface area contributed by atoms with Crippen LogP contribution in [0.3, 0.4) is 0 Å². The van der Waals surface area contributed by atoms with Crippen molar-refractivity contribution in [3.8, 4) is 0 Å². The number of rotatable bonds is 16. The second-order valence-electron chi connectivity index (χ2n) is 11.2. The number of amides is 1. The second kappa shape index (κ2) is 14.4. The van der Waals surface area contributed by atoms with E-state index in [1.165, 1.54) is 12.7 Å². The van der Waals surface area contributed by atoms with E-state index in [9.17, 15) is 19.1 Å². The first-order valence-electron chi connectivity index (χ1n) is 14.5. The van der Waals surface area contributed by atoms with E-state index in [4.69, 9.17) is 21.3 Å². The Kier molecular flexibility index (Phi) is 10.9. The van der Waals surface area contributed by atoms with Gasteiger partial charge in [-0.2, -0.15) is 0 Å². The van der Waals surface area contributed by atoms with E-state index in [1.54, 1.807) is 12.3 Å².